The monoisotopic (exact) mass is 273 g/mol. The van der Waals surface area contributed by atoms with Gasteiger partial charge in [0.1, 0.15) is 5.82 Å². The van der Waals surface area contributed by atoms with Gasteiger partial charge in [-0.15, -0.1) is 0 Å². The van der Waals surface area contributed by atoms with Crippen LogP contribution in [0.25, 0.3) is 0 Å². The minimum absolute atomic E-state index is 0.398. The summed E-state index contributed by atoms with van der Waals surface area (Å²) in [5, 5.41) is 5.33. The zero-order chi connectivity index (χ0) is 14.5. The average Bonchev–Trinajstić information content (AvgIpc) is 2.39. The first kappa shape index (κ1) is 13.9. The van der Waals surface area contributed by atoms with Crippen molar-refractivity contribution in [2.45, 2.75) is 0 Å². The lowest BCUT2D eigenvalue weighted by Gasteiger charge is -2.18. The van der Waals surface area contributed by atoms with Crippen LogP contribution in [-0.2, 0) is 0 Å². The fourth-order valence-electron chi connectivity index (χ4n) is 1.80. The molecular weight excluding hydrogens is 257 g/mol. The number of anilines is 3. The highest BCUT2D eigenvalue weighted by Gasteiger charge is 2.09. The largest absolute Gasteiger partial charge is 0.376 e. The SMILES string of the molecule is CN(C)c1ccc(F)cc1NC(=O)Nc1ccccc1. The van der Waals surface area contributed by atoms with E-state index in [1.54, 1.807) is 23.1 Å². The van der Waals surface area contributed by atoms with Gasteiger partial charge in [-0.3, -0.25) is 0 Å². The van der Waals surface area contributed by atoms with Crippen molar-refractivity contribution in [2.24, 2.45) is 0 Å². The van der Waals surface area contributed by atoms with E-state index in [0.717, 1.165) is 5.69 Å². The smallest absolute Gasteiger partial charge is 0.323 e. The van der Waals surface area contributed by atoms with Crippen molar-refractivity contribution >= 4 is 23.1 Å². The number of hydrogen-bond donors (Lipinski definition) is 2. The standard InChI is InChI=1S/C15H16FN3O/c1-19(2)14-9-8-11(16)10-13(14)18-15(20)17-12-6-4-3-5-7-12/h3-10H,1-2H3,(H2,17,18,20). The Balaban J connectivity index is 2.13. The third-order valence-corrected chi connectivity index (χ3v) is 2.72. The summed E-state index contributed by atoms with van der Waals surface area (Å²) in [6, 6.07) is 12.9. The third kappa shape index (κ3) is 3.47. The van der Waals surface area contributed by atoms with E-state index >= 15 is 0 Å². The zero-order valence-electron chi connectivity index (χ0n) is 11.4. The van der Waals surface area contributed by atoms with Crippen molar-refractivity contribution in [3.8, 4) is 0 Å². The maximum absolute atomic E-state index is 13.3. The summed E-state index contributed by atoms with van der Waals surface area (Å²) in [5.41, 5.74) is 1.82. The quantitative estimate of drug-likeness (QED) is 0.898. The molecule has 0 fully saturated rings. The maximum atomic E-state index is 13.3. The van der Waals surface area contributed by atoms with Gasteiger partial charge in [0.25, 0.3) is 0 Å². The van der Waals surface area contributed by atoms with Gasteiger partial charge in [0, 0.05) is 19.8 Å². The van der Waals surface area contributed by atoms with Crippen molar-refractivity contribution in [3.63, 3.8) is 0 Å². The molecule has 2 aromatic carbocycles. The Morgan fingerprint density at radius 3 is 2.40 bits per heavy atom. The predicted octanol–water partition coefficient (Wildman–Crippen LogP) is 3.54. The lowest BCUT2D eigenvalue weighted by Crippen LogP contribution is -2.21. The summed E-state index contributed by atoms with van der Waals surface area (Å²) in [7, 11) is 3.65. The second kappa shape index (κ2) is 6.06. The molecule has 0 aliphatic carbocycles. The van der Waals surface area contributed by atoms with Gasteiger partial charge in [0.15, 0.2) is 0 Å². The van der Waals surface area contributed by atoms with Gasteiger partial charge in [-0.05, 0) is 30.3 Å². The van der Waals surface area contributed by atoms with E-state index in [-0.39, 0.29) is 0 Å². The molecule has 0 heterocycles. The molecule has 4 nitrogen and oxygen atoms in total. The van der Waals surface area contributed by atoms with E-state index in [1.165, 1.54) is 12.1 Å². The molecule has 0 spiro atoms. The number of carbonyl (C=O) groups excluding carboxylic acids is 1. The summed E-state index contributed by atoms with van der Waals surface area (Å²) >= 11 is 0. The number of nitrogens with zero attached hydrogens (tertiary/aromatic N) is 1. The van der Waals surface area contributed by atoms with E-state index < -0.39 is 11.8 Å². The highest BCUT2D eigenvalue weighted by Crippen LogP contribution is 2.25. The molecule has 0 saturated carbocycles. The Labute approximate surface area is 117 Å². The second-order valence-corrected chi connectivity index (χ2v) is 4.50. The normalized spacial score (nSPS) is 9.95. The van der Waals surface area contributed by atoms with Gasteiger partial charge in [0.05, 0.1) is 11.4 Å². The van der Waals surface area contributed by atoms with Crippen molar-refractivity contribution in [3.05, 3.63) is 54.3 Å². The van der Waals surface area contributed by atoms with Crippen LogP contribution in [0.5, 0.6) is 0 Å². The third-order valence-electron chi connectivity index (χ3n) is 2.72. The molecular formula is C15H16FN3O. The molecule has 2 N–H and O–H groups in total. The van der Waals surface area contributed by atoms with E-state index in [9.17, 15) is 9.18 Å². The number of nitrogens with one attached hydrogen (secondary N) is 2. The molecule has 0 atom stereocenters. The molecule has 0 bridgehead atoms. The Morgan fingerprint density at radius 2 is 1.75 bits per heavy atom. The Morgan fingerprint density at radius 1 is 1.05 bits per heavy atom. The van der Waals surface area contributed by atoms with Crippen LogP contribution in [0.15, 0.2) is 48.5 Å². The van der Waals surface area contributed by atoms with Gasteiger partial charge >= 0.3 is 6.03 Å². The first-order chi connectivity index (χ1) is 9.56. The Hall–Kier alpha value is -2.56. The summed E-state index contributed by atoms with van der Waals surface area (Å²) in [6.07, 6.45) is 0. The lowest BCUT2D eigenvalue weighted by atomic mass is 10.2. The fraction of sp³-hybridized carbons (Fsp3) is 0.133. The van der Waals surface area contributed by atoms with Crippen molar-refractivity contribution in [1.82, 2.24) is 0 Å². The van der Waals surface area contributed by atoms with E-state index in [1.807, 2.05) is 32.3 Å². The number of para-hydroxylation sites is 1. The molecule has 2 amide bonds. The van der Waals surface area contributed by atoms with Gasteiger partial charge in [-0.2, -0.15) is 0 Å². The van der Waals surface area contributed by atoms with E-state index in [4.69, 9.17) is 0 Å². The molecule has 0 aliphatic heterocycles. The number of rotatable bonds is 3. The van der Waals surface area contributed by atoms with Crippen molar-refractivity contribution < 1.29 is 9.18 Å². The van der Waals surface area contributed by atoms with Gasteiger partial charge < -0.3 is 15.5 Å². The number of hydrogen-bond acceptors (Lipinski definition) is 2. The second-order valence-electron chi connectivity index (χ2n) is 4.50. The van der Waals surface area contributed by atoms with Crippen molar-refractivity contribution in [2.75, 3.05) is 29.6 Å². The maximum Gasteiger partial charge on any atom is 0.323 e. The van der Waals surface area contributed by atoms with Crippen LogP contribution < -0.4 is 15.5 Å². The fourth-order valence-corrected chi connectivity index (χ4v) is 1.80. The van der Waals surface area contributed by atoms with Gasteiger partial charge in [0.2, 0.25) is 0 Å². The van der Waals surface area contributed by atoms with E-state index in [0.29, 0.717) is 11.4 Å². The topological polar surface area (TPSA) is 44.4 Å². The molecule has 0 radical (unpaired) electrons. The highest BCUT2D eigenvalue weighted by atomic mass is 19.1. The van der Waals surface area contributed by atoms with E-state index in [2.05, 4.69) is 10.6 Å². The summed E-state index contributed by atoms with van der Waals surface area (Å²) in [4.78, 5) is 13.7. The Bertz CT molecular complexity index is 599. The molecule has 0 aliphatic rings. The van der Waals surface area contributed by atoms with Gasteiger partial charge in [-0.25, -0.2) is 9.18 Å². The molecule has 2 rings (SSSR count). The number of urea groups is 1. The number of amides is 2. The van der Waals surface area contributed by atoms with Gasteiger partial charge in [-0.1, -0.05) is 18.2 Å². The number of benzene rings is 2. The van der Waals surface area contributed by atoms with Crippen LogP contribution in [0.3, 0.4) is 0 Å². The summed E-state index contributed by atoms with van der Waals surface area (Å²) < 4.78 is 13.3. The van der Waals surface area contributed by atoms with Crippen LogP contribution in [0.4, 0.5) is 26.2 Å². The molecule has 104 valence electrons. The summed E-state index contributed by atoms with van der Waals surface area (Å²) in [6.45, 7) is 0. The van der Waals surface area contributed by atoms with Crippen molar-refractivity contribution in [1.29, 1.82) is 0 Å². The minimum atomic E-state index is -0.412. The lowest BCUT2D eigenvalue weighted by molar-refractivity contribution is 0.262. The minimum Gasteiger partial charge on any atom is -0.376 e. The molecule has 20 heavy (non-hydrogen) atoms. The summed E-state index contributed by atoms with van der Waals surface area (Å²) in [5.74, 6) is -0.398. The molecule has 0 saturated heterocycles. The highest BCUT2D eigenvalue weighted by molar-refractivity contribution is 6.01. The van der Waals surface area contributed by atoms with Crippen LogP contribution >= 0.6 is 0 Å². The zero-order valence-corrected chi connectivity index (χ0v) is 11.4. The number of carbonyl (C=O) groups is 1. The average molecular weight is 273 g/mol. The number of halogens is 1. The molecule has 0 unspecified atom stereocenters. The first-order valence-electron chi connectivity index (χ1n) is 6.16. The molecule has 0 aromatic heterocycles. The van der Waals surface area contributed by atoms with Crippen LogP contribution in [0.1, 0.15) is 0 Å². The van der Waals surface area contributed by atoms with Crippen LogP contribution in [0, 0.1) is 5.82 Å². The molecule has 5 heteroatoms. The van der Waals surface area contributed by atoms with Crippen LogP contribution in [-0.4, -0.2) is 20.1 Å². The first-order valence-corrected chi connectivity index (χ1v) is 6.16. The Kier molecular flexibility index (Phi) is 4.20. The predicted molar refractivity (Wildman–Crippen MR) is 79.8 cm³/mol. The van der Waals surface area contributed by atoms with Crippen LogP contribution in [0.2, 0.25) is 0 Å². The molecule has 2 aromatic rings.